The quantitative estimate of drug-likeness (QED) is 0.260. The molecule has 0 aliphatic carbocycles. The van der Waals surface area contributed by atoms with E-state index in [-0.39, 0.29) is 22.8 Å². The van der Waals surface area contributed by atoms with E-state index in [9.17, 15) is 14.0 Å². The summed E-state index contributed by atoms with van der Waals surface area (Å²) in [5, 5.41) is 0. The summed E-state index contributed by atoms with van der Waals surface area (Å²) in [5.41, 5.74) is 2.28. The fraction of sp³-hybridized carbons (Fsp3) is 0.133. The van der Waals surface area contributed by atoms with E-state index in [1.54, 1.807) is 37.0 Å². The average Bonchev–Trinajstić information content (AvgIpc) is 3.30. The summed E-state index contributed by atoms with van der Waals surface area (Å²) in [6.45, 7) is 0. The van der Waals surface area contributed by atoms with Gasteiger partial charge in [0, 0.05) is 6.07 Å². The molecule has 0 aliphatic heterocycles. The summed E-state index contributed by atoms with van der Waals surface area (Å²) in [6, 6.07) is 23.1. The Morgan fingerprint density at radius 2 is 1.44 bits per heavy atom. The number of H-pyrrole nitrogens is 1. The molecule has 9 heteroatoms. The Morgan fingerprint density at radius 3 is 2.00 bits per heavy atom. The molecule has 1 heterocycles. The minimum atomic E-state index is -0.678. The Labute approximate surface area is 223 Å². The molecule has 1 aromatic heterocycles. The van der Waals surface area contributed by atoms with Gasteiger partial charge in [0.15, 0.2) is 5.75 Å². The van der Waals surface area contributed by atoms with E-state index in [2.05, 4.69) is 4.98 Å². The van der Waals surface area contributed by atoms with Crippen molar-refractivity contribution in [3.63, 3.8) is 0 Å². The Kier molecular flexibility index (Phi) is 7.05. The average molecular weight is 529 g/mol. The van der Waals surface area contributed by atoms with E-state index in [0.717, 1.165) is 23.3 Å². The maximum absolute atomic E-state index is 14.1. The van der Waals surface area contributed by atoms with Gasteiger partial charge in [-0.25, -0.2) is 14.0 Å². The summed E-state index contributed by atoms with van der Waals surface area (Å²) in [5.74, 6) is 0.306. The first-order valence-electron chi connectivity index (χ1n) is 12.0. The highest BCUT2D eigenvalue weighted by Crippen LogP contribution is 2.35. The van der Waals surface area contributed by atoms with Crippen LogP contribution in [-0.4, -0.2) is 36.8 Å². The van der Waals surface area contributed by atoms with Gasteiger partial charge in [0.1, 0.15) is 34.1 Å². The second-order valence-corrected chi connectivity index (χ2v) is 8.63. The predicted octanol–water partition coefficient (Wildman–Crippen LogP) is 5.70. The van der Waals surface area contributed by atoms with E-state index >= 15 is 0 Å². The van der Waals surface area contributed by atoms with Crippen LogP contribution in [0.4, 0.5) is 4.39 Å². The number of benzene rings is 4. The standard InChI is InChI=1S/C30H25FN2O6/c1-36-21-12-7-18(8-13-21)28(19-9-14-22(37-2)15-10-19)33-24-5-4-6-25(27(24)32-30(33)35)39-26-17-20(31)11-16-23(26)29(34)38-3/h4-17,28H,1-3H3,(H,32,35). The predicted molar refractivity (Wildman–Crippen MR) is 144 cm³/mol. The molecule has 0 aliphatic rings. The van der Waals surface area contributed by atoms with Crippen molar-refractivity contribution < 1.29 is 28.1 Å². The topological polar surface area (TPSA) is 91.8 Å². The summed E-state index contributed by atoms with van der Waals surface area (Å²) >= 11 is 0. The molecular formula is C30H25FN2O6. The van der Waals surface area contributed by atoms with Crippen molar-refractivity contribution in [2.24, 2.45) is 0 Å². The van der Waals surface area contributed by atoms with Crippen LogP contribution >= 0.6 is 0 Å². The van der Waals surface area contributed by atoms with Gasteiger partial charge in [0.2, 0.25) is 0 Å². The fourth-order valence-corrected chi connectivity index (χ4v) is 4.50. The van der Waals surface area contributed by atoms with E-state index in [1.807, 2.05) is 48.5 Å². The summed E-state index contributed by atoms with van der Waals surface area (Å²) < 4.78 is 37.1. The van der Waals surface area contributed by atoms with Crippen LogP contribution in [0.15, 0.2) is 89.7 Å². The second-order valence-electron chi connectivity index (χ2n) is 8.63. The van der Waals surface area contributed by atoms with Gasteiger partial charge in [-0.2, -0.15) is 0 Å². The minimum absolute atomic E-state index is 0.0372. The first kappa shape index (κ1) is 25.6. The van der Waals surface area contributed by atoms with Gasteiger partial charge in [-0.05, 0) is 59.7 Å². The zero-order chi connectivity index (χ0) is 27.5. The van der Waals surface area contributed by atoms with Crippen LogP contribution in [0.2, 0.25) is 0 Å². The lowest BCUT2D eigenvalue weighted by Gasteiger charge is -2.21. The van der Waals surface area contributed by atoms with E-state index in [0.29, 0.717) is 22.5 Å². The largest absolute Gasteiger partial charge is 0.497 e. The molecule has 1 N–H and O–H groups in total. The van der Waals surface area contributed by atoms with Crippen molar-refractivity contribution in [1.82, 2.24) is 9.55 Å². The molecule has 0 unspecified atom stereocenters. The van der Waals surface area contributed by atoms with Crippen molar-refractivity contribution in [2.75, 3.05) is 21.3 Å². The van der Waals surface area contributed by atoms with Crippen molar-refractivity contribution >= 4 is 17.0 Å². The van der Waals surface area contributed by atoms with Crippen molar-refractivity contribution in [2.45, 2.75) is 6.04 Å². The number of rotatable bonds is 8. The number of aromatic amines is 1. The van der Waals surface area contributed by atoms with Gasteiger partial charge in [-0.3, -0.25) is 4.57 Å². The third kappa shape index (κ3) is 4.94. The van der Waals surface area contributed by atoms with Gasteiger partial charge in [0.25, 0.3) is 0 Å². The third-order valence-electron chi connectivity index (χ3n) is 6.40. The first-order chi connectivity index (χ1) is 18.9. The summed E-state index contributed by atoms with van der Waals surface area (Å²) in [7, 11) is 4.41. The summed E-state index contributed by atoms with van der Waals surface area (Å²) in [4.78, 5) is 28.7. The molecule has 5 rings (SSSR count). The lowest BCUT2D eigenvalue weighted by Crippen LogP contribution is -2.24. The number of aromatic nitrogens is 2. The number of fused-ring (bicyclic) bond motifs is 1. The monoisotopic (exact) mass is 528 g/mol. The number of carbonyl (C=O) groups excluding carboxylic acids is 1. The number of halogens is 1. The molecule has 5 aromatic rings. The lowest BCUT2D eigenvalue weighted by molar-refractivity contribution is 0.0598. The van der Waals surface area contributed by atoms with Crippen LogP contribution in [-0.2, 0) is 4.74 Å². The number of esters is 1. The zero-order valence-corrected chi connectivity index (χ0v) is 21.4. The van der Waals surface area contributed by atoms with Crippen LogP contribution < -0.4 is 19.9 Å². The van der Waals surface area contributed by atoms with E-state index in [1.165, 1.54) is 13.2 Å². The van der Waals surface area contributed by atoms with Gasteiger partial charge < -0.3 is 23.9 Å². The molecule has 0 saturated heterocycles. The highest BCUT2D eigenvalue weighted by Gasteiger charge is 2.24. The molecule has 8 nitrogen and oxygen atoms in total. The zero-order valence-electron chi connectivity index (χ0n) is 21.4. The van der Waals surface area contributed by atoms with E-state index in [4.69, 9.17) is 18.9 Å². The SMILES string of the molecule is COC(=O)c1ccc(F)cc1Oc1cccc2c1[nH]c(=O)n2C(c1ccc(OC)cc1)c1ccc(OC)cc1. The molecule has 4 aromatic carbocycles. The van der Waals surface area contributed by atoms with Crippen LogP contribution in [0.1, 0.15) is 27.5 Å². The number of nitrogens with zero attached hydrogens (tertiary/aromatic N) is 1. The maximum Gasteiger partial charge on any atom is 0.341 e. The number of ether oxygens (including phenoxy) is 4. The Hall–Kier alpha value is -5.05. The van der Waals surface area contributed by atoms with Gasteiger partial charge in [0.05, 0.1) is 32.9 Å². The Balaban J connectivity index is 1.67. The van der Waals surface area contributed by atoms with Crippen LogP contribution in [0, 0.1) is 5.82 Å². The fourth-order valence-electron chi connectivity index (χ4n) is 4.50. The van der Waals surface area contributed by atoms with Crippen LogP contribution in [0.3, 0.4) is 0 Å². The van der Waals surface area contributed by atoms with E-state index < -0.39 is 17.8 Å². The number of hydrogen-bond acceptors (Lipinski definition) is 6. The van der Waals surface area contributed by atoms with Crippen LogP contribution in [0.5, 0.6) is 23.0 Å². The van der Waals surface area contributed by atoms with Gasteiger partial charge >= 0.3 is 11.7 Å². The molecule has 0 atom stereocenters. The molecule has 0 saturated carbocycles. The van der Waals surface area contributed by atoms with Crippen LogP contribution in [0.25, 0.3) is 11.0 Å². The molecule has 0 amide bonds. The maximum atomic E-state index is 14.1. The number of nitrogens with one attached hydrogen (secondary N) is 1. The Bertz CT molecular complexity index is 1640. The number of hydrogen-bond donors (Lipinski definition) is 1. The molecule has 0 fully saturated rings. The van der Waals surface area contributed by atoms with Gasteiger partial charge in [-0.1, -0.05) is 30.3 Å². The van der Waals surface area contributed by atoms with Crippen molar-refractivity contribution in [3.8, 4) is 23.0 Å². The van der Waals surface area contributed by atoms with Crippen molar-refractivity contribution in [3.05, 3.63) is 118 Å². The lowest BCUT2D eigenvalue weighted by atomic mass is 9.98. The smallest absolute Gasteiger partial charge is 0.341 e. The highest BCUT2D eigenvalue weighted by molar-refractivity contribution is 5.93. The number of methoxy groups -OCH3 is 3. The second kappa shape index (κ2) is 10.7. The highest BCUT2D eigenvalue weighted by atomic mass is 19.1. The third-order valence-corrected chi connectivity index (χ3v) is 6.40. The minimum Gasteiger partial charge on any atom is -0.497 e. The number of imidazole rings is 1. The number of carbonyl (C=O) groups is 1. The van der Waals surface area contributed by atoms with Crippen molar-refractivity contribution in [1.29, 1.82) is 0 Å². The number of para-hydroxylation sites is 1. The molecule has 0 bridgehead atoms. The molecule has 198 valence electrons. The normalized spacial score (nSPS) is 11.0. The molecule has 0 spiro atoms. The molecule has 0 radical (unpaired) electrons. The first-order valence-corrected chi connectivity index (χ1v) is 12.0. The summed E-state index contributed by atoms with van der Waals surface area (Å²) in [6.07, 6.45) is 0. The molecular weight excluding hydrogens is 503 g/mol. The van der Waals surface area contributed by atoms with Gasteiger partial charge in [-0.15, -0.1) is 0 Å². The Morgan fingerprint density at radius 1 is 0.821 bits per heavy atom. The molecule has 39 heavy (non-hydrogen) atoms.